The first kappa shape index (κ1) is 38.7. The maximum atomic E-state index is 8.52. The van der Waals surface area contributed by atoms with E-state index in [2.05, 4.69) is 13.8 Å². The Morgan fingerprint density at radius 2 is 0.875 bits per heavy atom. The average molecular weight is 423 g/mol. The number of unbranched alkanes of at least 4 members (excludes halogenated alkanes) is 13. The monoisotopic (exact) mass is 422 g/mol. The molecule has 0 aromatic carbocycles. The van der Waals surface area contributed by atoms with Crippen LogP contribution in [0.2, 0.25) is 0 Å². The molecular formula is C16H33K2NaO4S. The van der Waals surface area contributed by atoms with Crippen LogP contribution in [0.25, 0.3) is 0 Å². The minimum atomic E-state index is -5.17. The van der Waals surface area contributed by atoms with Crippen molar-refractivity contribution >= 4 is 10.4 Å². The van der Waals surface area contributed by atoms with Crippen LogP contribution in [-0.2, 0) is 10.4 Å². The standard InChI is InChI=1S/C16H33.2K.Na.H2O4S/c1-3-5-7-9-11-13-15-16-14-12-10-8-6-4-2;;;;1-5(2,3)4/h1,3-16H2,2H3;;;;(H2,1,2,3,4)/q-1;3*+1;/p-2. The molecule has 0 fully saturated rings. The van der Waals surface area contributed by atoms with Gasteiger partial charge in [0.2, 0.25) is 0 Å². The van der Waals surface area contributed by atoms with E-state index in [1.54, 1.807) is 0 Å². The van der Waals surface area contributed by atoms with Gasteiger partial charge in [-0.2, -0.15) is 6.42 Å². The second-order valence-electron chi connectivity index (χ2n) is 5.50. The van der Waals surface area contributed by atoms with Crippen molar-refractivity contribution in [2.45, 2.75) is 96.8 Å². The number of hydrogen-bond donors (Lipinski definition) is 0. The molecule has 0 heterocycles. The molecule has 0 amide bonds. The third-order valence-corrected chi connectivity index (χ3v) is 3.35. The van der Waals surface area contributed by atoms with Gasteiger partial charge in [-0.3, -0.25) is 8.42 Å². The maximum absolute atomic E-state index is 8.52. The maximum Gasteiger partial charge on any atom is 1.00 e. The van der Waals surface area contributed by atoms with Crippen molar-refractivity contribution in [1.29, 1.82) is 0 Å². The number of hydrogen-bond acceptors (Lipinski definition) is 4. The fourth-order valence-electron chi connectivity index (χ4n) is 2.19. The van der Waals surface area contributed by atoms with Crippen LogP contribution in [0.1, 0.15) is 96.8 Å². The molecule has 0 saturated heterocycles. The Hall–Kier alpha value is 4.14. The molecule has 0 radical (unpaired) electrons. The van der Waals surface area contributed by atoms with E-state index in [0.717, 1.165) is 6.42 Å². The van der Waals surface area contributed by atoms with Gasteiger partial charge in [0.1, 0.15) is 0 Å². The van der Waals surface area contributed by atoms with E-state index in [-0.39, 0.29) is 132 Å². The molecule has 0 aromatic rings. The molecule has 0 saturated carbocycles. The van der Waals surface area contributed by atoms with Crippen LogP contribution < -0.4 is 132 Å². The van der Waals surface area contributed by atoms with Crippen molar-refractivity contribution < 1.29 is 150 Å². The van der Waals surface area contributed by atoms with Crippen LogP contribution in [0, 0.1) is 6.92 Å². The minimum Gasteiger partial charge on any atom is -0.759 e. The van der Waals surface area contributed by atoms with Crippen molar-refractivity contribution in [1.82, 2.24) is 0 Å². The fourth-order valence-corrected chi connectivity index (χ4v) is 2.19. The molecule has 4 nitrogen and oxygen atoms in total. The van der Waals surface area contributed by atoms with Gasteiger partial charge in [0.25, 0.3) is 0 Å². The van der Waals surface area contributed by atoms with Gasteiger partial charge >= 0.3 is 132 Å². The fraction of sp³-hybridized carbons (Fsp3) is 0.938. The van der Waals surface area contributed by atoms with Crippen molar-refractivity contribution in [3.8, 4) is 0 Å². The van der Waals surface area contributed by atoms with Gasteiger partial charge in [-0.1, -0.05) is 90.4 Å². The third kappa shape index (κ3) is 56.2. The van der Waals surface area contributed by atoms with Gasteiger partial charge in [0, 0.05) is 10.4 Å². The van der Waals surface area contributed by atoms with Crippen LogP contribution >= 0.6 is 0 Å². The van der Waals surface area contributed by atoms with E-state index in [0.29, 0.717) is 0 Å². The second kappa shape index (κ2) is 31.8. The van der Waals surface area contributed by atoms with Crippen LogP contribution in [0.3, 0.4) is 0 Å². The molecule has 0 N–H and O–H groups in total. The third-order valence-electron chi connectivity index (χ3n) is 3.35. The van der Waals surface area contributed by atoms with E-state index in [1.165, 1.54) is 83.5 Å². The van der Waals surface area contributed by atoms with Crippen molar-refractivity contribution in [3.05, 3.63) is 6.92 Å². The van der Waals surface area contributed by atoms with Gasteiger partial charge in [-0.15, -0.1) is 0 Å². The summed E-state index contributed by atoms with van der Waals surface area (Å²) in [6.07, 6.45) is 19.8. The summed E-state index contributed by atoms with van der Waals surface area (Å²) < 4.78 is 34.1. The molecule has 8 heteroatoms. The minimum absolute atomic E-state index is 0. The van der Waals surface area contributed by atoms with E-state index >= 15 is 0 Å². The Morgan fingerprint density at radius 1 is 0.667 bits per heavy atom. The predicted octanol–water partition coefficient (Wildman–Crippen LogP) is -4.02. The van der Waals surface area contributed by atoms with E-state index in [1.807, 2.05) is 0 Å². The van der Waals surface area contributed by atoms with Crippen molar-refractivity contribution in [2.24, 2.45) is 0 Å². The predicted molar refractivity (Wildman–Crippen MR) is 86.1 cm³/mol. The quantitative estimate of drug-likeness (QED) is 0.0996. The van der Waals surface area contributed by atoms with Crippen LogP contribution in [0.4, 0.5) is 0 Å². The summed E-state index contributed by atoms with van der Waals surface area (Å²) in [6.45, 7) is 6.16. The molecule has 0 aliphatic heterocycles. The van der Waals surface area contributed by atoms with Crippen molar-refractivity contribution in [2.75, 3.05) is 0 Å². The summed E-state index contributed by atoms with van der Waals surface area (Å²) in [4.78, 5) is 0. The Bertz CT molecular complexity index is 270. The summed E-state index contributed by atoms with van der Waals surface area (Å²) >= 11 is 0. The summed E-state index contributed by atoms with van der Waals surface area (Å²) in [5.74, 6) is 0. The summed E-state index contributed by atoms with van der Waals surface area (Å²) in [5.41, 5.74) is 0. The van der Waals surface area contributed by atoms with Gasteiger partial charge in [-0.05, 0) is 0 Å². The SMILES string of the molecule is O=S(=O)([O-])[O-].[CH2-]CCCCCCCCCCCCCCC.[K+].[K+].[Na+]. The van der Waals surface area contributed by atoms with Crippen LogP contribution in [0.5, 0.6) is 0 Å². The molecule has 24 heavy (non-hydrogen) atoms. The molecule has 0 bridgehead atoms. The normalized spacial score (nSPS) is 9.67. The van der Waals surface area contributed by atoms with Crippen molar-refractivity contribution in [3.63, 3.8) is 0 Å². The largest absolute Gasteiger partial charge is 1.00 e. The van der Waals surface area contributed by atoms with Gasteiger partial charge in [0.15, 0.2) is 0 Å². The zero-order valence-corrected chi connectivity index (χ0v) is 25.7. The summed E-state index contributed by atoms with van der Waals surface area (Å²) in [5, 5.41) is 0. The first-order valence-electron chi connectivity index (χ1n) is 8.37. The molecule has 130 valence electrons. The molecule has 0 rings (SSSR count). The Balaban J connectivity index is -0.000000132. The second-order valence-corrected chi connectivity index (χ2v) is 6.32. The molecule has 0 aromatic heterocycles. The Kier molecular flexibility index (Phi) is 51.3. The van der Waals surface area contributed by atoms with E-state index < -0.39 is 10.4 Å². The zero-order valence-electron chi connectivity index (χ0n) is 16.6. The first-order chi connectivity index (χ1) is 9.91. The Labute approximate surface area is 258 Å². The number of rotatable bonds is 13. The molecule has 0 spiro atoms. The van der Waals surface area contributed by atoms with Crippen LogP contribution in [-0.4, -0.2) is 17.5 Å². The zero-order chi connectivity index (χ0) is 16.4. The summed E-state index contributed by atoms with van der Waals surface area (Å²) in [7, 11) is -5.17. The average Bonchev–Trinajstić information content (AvgIpc) is 2.38. The van der Waals surface area contributed by atoms with Gasteiger partial charge in [0.05, 0.1) is 0 Å². The van der Waals surface area contributed by atoms with E-state index in [4.69, 9.17) is 17.5 Å². The molecule has 0 aliphatic rings. The molecule has 0 unspecified atom stereocenters. The molecule has 0 atom stereocenters. The smallest absolute Gasteiger partial charge is 0.759 e. The summed E-state index contributed by atoms with van der Waals surface area (Å²) in [6, 6.07) is 0. The van der Waals surface area contributed by atoms with Gasteiger partial charge in [-0.25, -0.2) is 0 Å². The molecule has 0 aliphatic carbocycles. The molecular weight excluding hydrogens is 389 g/mol. The first-order valence-corrected chi connectivity index (χ1v) is 9.71. The van der Waals surface area contributed by atoms with E-state index in [9.17, 15) is 0 Å². The Morgan fingerprint density at radius 3 is 1.08 bits per heavy atom. The topological polar surface area (TPSA) is 80.3 Å². The van der Waals surface area contributed by atoms with Gasteiger partial charge < -0.3 is 16.0 Å². The van der Waals surface area contributed by atoms with Crippen LogP contribution in [0.15, 0.2) is 0 Å².